The fourth-order valence-electron chi connectivity index (χ4n) is 3.55. The average Bonchev–Trinajstić information content (AvgIpc) is 3.46. The fraction of sp³-hybridized carbons (Fsp3) is 0.632. The van der Waals surface area contributed by atoms with Gasteiger partial charge in [-0.05, 0) is 37.5 Å². The summed E-state index contributed by atoms with van der Waals surface area (Å²) in [6, 6.07) is 4.71. The third-order valence-electron chi connectivity index (χ3n) is 5.25. The Hall–Kier alpha value is -1.64. The lowest BCUT2D eigenvalue weighted by Crippen LogP contribution is -3.13. The minimum Gasteiger partial charge on any atom is -0.495 e. The quantitative estimate of drug-likeness (QED) is 0.591. The first kappa shape index (κ1) is 20.1. The Morgan fingerprint density at radius 2 is 1.89 bits per heavy atom. The van der Waals surface area contributed by atoms with Crippen molar-refractivity contribution in [2.24, 2.45) is 0 Å². The molecule has 1 saturated heterocycles. The fourth-order valence-corrected chi connectivity index (χ4v) is 5.05. The number of piperidine rings is 1. The maximum absolute atomic E-state index is 12.7. The van der Waals surface area contributed by atoms with Crippen molar-refractivity contribution >= 4 is 15.9 Å². The van der Waals surface area contributed by atoms with Crippen LogP contribution in [-0.4, -0.2) is 53.2 Å². The van der Waals surface area contributed by atoms with Crippen molar-refractivity contribution in [1.29, 1.82) is 0 Å². The van der Waals surface area contributed by atoms with Gasteiger partial charge in [0.2, 0.25) is 10.0 Å². The molecule has 2 fully saturated rings. The summed E-state index contributed by atoms with van der Waals surface area (Å²) in [5, 5.41) is 3.06. The van der Waals surface area contributed by atoms with Gasteiger partial charge in [0.05, 0.1) is 26.7 Å². The highest BCUT2D eigenvalue weighted by Gasteiger charge is 2.30. The van der Waals surface area contributed by atoms with Gasteiger partial charge in [0, 0.05) is 30.5 Å². The lowest BCUT2D eigenvalue weighted by Gasteiger charge is -2.29. The number of hydrogen-bond acceptors (Lipinski definition) is 4. The molecular weight excluding hydrogens is 366 g/mol. The molecule has 1 aliphatic heterocycles. The van der Waals surface area contributed by atoms with Crippen molar-refractivity contribution in [2.45, 2.75) is 56.0 Å². The summed E-state index contributed by atoms with van der Waals surface area (Å²) >= 11 is 0. The minimum atomic E-state index is -3.70. The van der Waals surface area contributed by atoms with E-state index in [4.69, 9.17) is 4.74 Å². The smallest absolute Gasteiger partial charge is 0.251 e. The van der Waals surface area contributed by atoms with Crippen LogP contribution in [0.5, 0.6) is 5.75 Å². The van der Waals surface area contributed by atoms with Crippen LogP contribution >= 0.6 is 0 Å². The van der Waals surface area contributed by atoms with E-state index in [9.17, 15) is 13.2 Å². The van der Waals surface area contributed by atoms with Crippen molar-refractivity contribution in [1.82, 2.24) is 10.0 Å². The second kappa shape index (κ2) is 8.58. The molecule has 7 nitrogen and oxygen atoms in total. The zero-order chi connectivity index (χ0) is 19.4. The Morgan fingerprint density at radius 3 is 2.48 bits per heavy atom. The highest BCUT2D eigenvalue weighted by Crippen LogP contribution is 2.28. The molecule has 1 aliphatic carbocycles. The molecule has 1 aromatic carbocycles. The van der Waals surface area contributed by atoms with Crippen molar-refractivity contribution in [2.75, 3.05) is 26.7 Å². The van der Waals surface area contributed by atoms with Gasteiger partial charge in [-0.1, -0.05) is 6.92 Å². The maximum atomic E-state index is 12.7. The summed E-state index contributed by atoms with van der Waals surface area (Å²) < 4.78 is 33.0. The monoisotopic (exact) mass is 396 g/mol. The van der Waals surface area contributed by atoms with E-state index in [0.717, 1.165) is 38.8 Å². The van der Waals surface area contributed by atoms with Crippen LogP contribution in [-0.2, 0) is 10.0 Å². The molecule has 1 aromatic rings. The Morgan fingerprint density at radius 1 is 1.19 bits per heavy atom. The van der Waals surface area contributed by atoms with Gasteiger partial charge >= 0.3 is 0 Å². The minimum absolute atomic E-state index is 0.00649. The second-order valence-corrected chi connectivity index (χ2v) is 9.19. The van der Waals surface area contributed by atoms with Crippen molar-refractivity contribution in [3.8, 4) is 5.75 Å². The van der Waals surface area contributed by atoms with Crippen LogP contribution in [0.15, 0.2) is 23.1 Å². The van der Waals surface area contributed by atoms with Crippen LogP contribution in [0.3, 0.4) is 0 Å². The Bertz CT molecular complexity index is 769. The van der Waals surface area contributed by atoms with E-state index in [1.165, 1.54) is 26.1 Å². The van der Waals surface area contributed by atoms with Crippen LogP contribution in [0.4, 0.5) is 0 Å². The molecule has 27 heavy (non-hydrogen) atoms. The molecule has 3 N–H and O–H groups in total. The zero-order valence-electron chi connectivity index (χ0n) is 16.1. The summed E-state index contributed by atoms with van der Waals surface area (Å²) in [5.41, 5.74) is 0.343. The molecule has 3 rings (SSSR count). The lowest BCUT2D eigenvalue weighted by atomic mass is 10.0. The summed E-state index contributed by atoms with van der Waals surface area (Å²) in [7, 11) is -2.27. The van der Waals surface area contributed by atoms with Gasteiger partial charge in [0.1, 0.15) is 10.6 Å². The Labute approximate surface area is 161 Å². The van der Waals surface area contributed by atoms with Crippen molar-refractivity contribution in [3.05, 3.63) is 23.8 Å². The van der Waals surface area contributed by atoms with E-state index in [1.807, 2.05) is 0 Å². The molecule has 0 spiro atoms. The largest absolute Gasteiger partial charge is 0.495 e. The number of methoxy groups -OCH3 is 1. The molecular formula is C19H30N3O4S+. The summed E-state index contributed by atoms with van der Waals surface area (Å²) in [4.78, 5) is 14.3. The number of benzene rings is 1. The molecule has 1 amide bonds. The summed E-state index contributed by atoms with van der Waals surface area (Å²) in [5.74, 6) is 0.0145. The molecule has 0 bridgehead atoms. The third-order valence-corrected chi connectivity index (χ3v) is 6.79. The van der Waals surface area contributed by atoms with Gasteiger partial charge in [-0.3, -0.25) is 4.79 Å². The van der Waals surface area contributed by atoms with Crippen LogP contribution in [0.1, 0.15) is 49.4 Å². The summed E-state index contributed by atoms with van der Waals surface area (Å²) in [6.07, 6.45) is 4.77. The maximum Gasteiger partial charge on any atom is 0.251 e. The first-order valence-electron chi connectivity index (χ1n) is 9.77. The van der Waals surface area contributed by atoms with E-state index in [0.29, 0.717) is 5.56 Å². The van der Waals surface area contributed by atoms with Crippen molar-refractivity contribution in [3.63, 3.8) is 0 Å². The number of quaternary nitrogens is 1. The highest BCUT2D eigenvalue weighted by atomic mass is 32.2. The van der Waals surface area contributed by atoms with Gasteiger partial charge in [-0.25, -0.2) is 13.1 Å². The van der Waals surface area contributed by atoms with Gasteiger partial charge in [0.25, 0.3) is 5.91 Å². The Balaban J connectivity index is 1.69. The highest BCUT2D eigenvalue weighted by molar-refractivity contribution is 7.89. The number of amides is 1. The van der Waals surface area contributed by atoms with Gasteiger partial charge in [-0.2, -0.15) is 0 Å². The number of ether oxygens (including phenoxy) is 1. The normalized spacial score (nSPS) is 23.0. The third kappa shape index (κ3) is 5.21. The molecule has 8 heteroatoms. The Kier molecular flexibility index (Phi) is 6.39. The predicted octanol–water partition coefficient (Wildman–Crippen LogP) is 0.323. The molecule has 1 saturated carbocycles. The number of rotatable bonds is 8. The SMILES string of the molecule is CCC[NH+]1CCC(NC(=O)c2ccc(OC)c(S(=O)(=O)NC3CC3)c2)CC1. The molecule has 2 aliphatic rings. The molecule has 0 radical (unpaired) electrons. The summed E-state index contributed by atoms with van der Waals surface area (Å²) in [6.45, 7) is 5.49. The molecule has 0 atom stereocenters. The van der Waals surface area contributed by atoms with E-state index in [2.05, 4.69) is 17.0 Å². The van der Waals surface area contributed by atoms with Crippen LogP contribution in [0.25, 0.3) is 0 Å². The van der Waals surface area contributed by atoms with Crippen LogP contribution in [0, 0.1) is 0 Å². The zero-order valence-corrected chi connectivity index (χ0v) is 16.9. The topological polar surface area (TPSA) is 88.9 Å². The van der Waals surface area contributed by atoms with Gasteiger partial charge in [0.15, 0.2) is 0 Å². The van der Waals surface area contributed by atoms with Gasteiger partial charge in [-0.15, -0.1) is 0 Å². The standard InChI is InChI=1S/C19H29N3O4S/c1-3-10-22-11-8-15(9-12-22)20-19(23)14-4-7-17(26-2)18(13-14)27(24,25)21-16-5-6-16/h4,7,13,15-16,21H,3,5-6,8-12H2,1-2H3,(H,20,23)/p+1. The average molecular weight is 397 g/mol. The molecule has 0 unspecified atom stereocenters. The predicted molar refractivity (Wildman–Crippen MR) is 103 cm³/mol. The lowest BCUT2D eigenvalue weighted by molar-refractivity contribution is -0.905. The van der Waals surface area contributed by atoms with Crippen LogP contribution < -0.4 is 19.7 Å². The second-order valence-electron chi connectivity index (χ2n) is 7.51. The molecule has 150 valence electrons. The number of likely N-dealkylation sites (tertiary alicyclic amines) is 1. The van der Waals surface area contributed by atoms with E-state index in [-0.39, 0.29) is 28.6 Å². The van der Waals surface area contributed by atoms with Gasteiger partial charge < -0.3 is 15.0 Å². The first-order chi connectivity index (χ1) is 12.9. The first-order valence-corrected chi connectivity index (χ1v) is 11.3. The molecule has 1 heterocycles. The van der Waals surface area contributed by atoms with E-state index in [1.54, 1.807) is 17.0 Å². The number of carbonyl (C=O) groups is 1. The number of carbonyl (C=O) groups excluding carboxylic acids is 1. The van der Waals surface area contributed by atoms with Crippen LogP contribution in [0.2, 0.25) is 0 Å². The van der Waals surface area contributed by atoms with E-state index < -0.39 is 10.0 Å². The molecule has 0 aromatic heterocycles. The number of sulfonamides is 1. The number of hydrogen-bond donors (Lipinski definition) is 3. The number of nitrogens with one attached hydrogen (secondary N) is 3. The van der Waals surface area contributed by atoms with E-state index >= 15 is 0 Å². The van der Waals surface area contributed by atoms with Crippen molar-refractivity contribution < 1.29 is 22.8 Å².